The highest BCUT2D eigenvalue weighted by Crippen LogP contribution is 2.35. The summed E-state index contributed by atoms with van der Waals surface area (Å²) in [6, 6.07) is -0.390. The third-order valence-corrected chi connectivity index (χ3v) is 3.85. The summed E-state index contributed by atoms with van der Waals surface area (Å²) >= 11 is 0. The van der Waals surface area contributed by atoms with Gasteiger partial charge in [0.25, 0.3) is 0 Å². The molecule has 0 aliphatic heterocycles. The molecule has 0 radical (unpaired) electrons. The van der Waals surface area contributed by atoms with Crippen molar-refractivity contribution < 1.29 is 4.79 Å². The van der Waals surface area contributed by atoms with Crippen LogP contribution >= 0.6 is 0 Å². The lowest BCUT2D eigenvalue weighted by Gasteiger charge is -2.47. The molecule has 0 bridgehead atoms. The Morgan fingerprint density at radius 1 is 1.44 bits per heavy atom. The van der Waals surface area contributed by atoms with Crippen LogP contribution < -0.4 is 11.1 Å². The SMILES string of the molecule is CC(C)[C@@H](N)C(=O)NCC1(N(C)C)CCC1. The second kappa shape index (κ2) is 5.15. The Bertz CT molecular complexity index is 247. The van der Waals surface area contributed by atoms with Crippen molar-refractivity contribution in [2.75, 3.05) is 20.6 Å². The van der Waals surface area contributed by atoms with Crippen molar-refractivity contribution in [2.45, 2.75) is 44.7 Å². The minimum Gasteiger partial charge on any atom is -0.353 e. The van der Waals surface area contributed by atoms with Crippen molar-refractivity contribution in [2.24, 2.45) is 11.7 Å². The van der Waals surface area contributed by atoms with Gasteiger partial charge in [-0.3, -0.25) is 4.79 Å². The van der Waals surface area contributed by atoms with E-state index in [2.05, 4.69) is 24.3 Å². The van der Waals surface area contributed by atoms with Gasteiger partial charge in [0, 0.05) is 12.1 Å². The van der Waals surface area contributed by atoms with Gasteiger partial charge >= 0.3 is 0 Å². The van der Waals surface area contributed by atoms with E-state index in [1.54, 1.807) is 0 Å². The van der Waals surface area contributed by atoms with Crippen molar-refractivity contribution in [1.82, 2.24) is 10.2 Å². The van der Waals surface area contributed by atoms with Crippen LogP contribution in [-0.4, -0.2) is 43.0 Å². The van der Waals surface area contributed by atoms with E-state index < -0.39 is 0 Å². The second-order valence-corrected chi connectivity index (χ2v) is 5.46. The molecule has 4 heteroatoms. The van der Waals surface area contributed by atoms with Crippen molar-refractivity contribution in [1.29, 1.82) is 0 Å². The van der Waals surface area contributed by atoms with E-state index in [9.17, 15) is 4.79 Å². The molecule has 0 saturated heterocycles. The highest BCUT2D eigenvalue weighted by Gasteiger charge is 2.39. The van der Waals surface area contributed by atoms with E-state index in [0.717, 1.165) is 19.4 Å². The molecular formula is C12H25N3O. The van der Waals surface area contributed by atoms with Crippen LogP contribution in [0.4, 0.5) is 0 Å². The maximum Gasteiger partial charge on any atom is 0.237 e. The Labute approximate surface area is 98.6 Å². The molecule has 1 atom stereocenters. The van der Waals surface area contributed by atoms with Crippen LogP contribution in [0.2, 0.25) is 0 Å². The lowest BCUT2D eigenvalue weighted by Crippen LogP contribution is -2.59. The normalized spacial score (nSPS) is 20.7. The number of carbonyl (C=O) groups excluding carboxylic acids is 1. The van der Waals surface area contributed by atoms with E-state index in [4.69, 9.17) is 5.73 Å². The van der Waals surface area contributed by atoms with Gasteiger partial charge in [0.15, 0.2) is 0 Å². The van der Waals surface area contributed by atoms with E-state index in [1.807, 2.05) is 13.8 Å². The van der Waals surface area contributed by atoms with Crippen LogP contribution in [0.15, 0.2) is 0 Å². The van der Waals surface area contributed by atoms with Crippen molar-refractivity contribution in [3.63, 3.8) is 0 Å². The number of hydrogen-bond donors (Lipinski definition) is 2. The molecule has 1 aliphatic rings. The molecule has 0 aromatic carbocycles. The van der Waals surface area contributed by atoms with Crippen LogP contribution in [0.1, 0.15) is 33.1 Å². The van der Waals surface area contributed by atoms with Gasteiger partial charge in [0.05, 0.1) is 6.04 Å². The Kier molecular flexibility index (Phi) is 4.33. The second-order valence-electron chi connectivity index (χ2n) is 5.46. The first-order valence-electron chi connectivity index (χ1n) is 6.10. The van der Waals surface area contributed by atoms with Gasteiger partial charge in [-0.1, -0.05) is 13.8 Å². The molecule has 0 spiro atoms. The van der Waals surface area contributed by atoms with Gasteiger partial charge in [0.2, 0.25) is 5.91 Å². The topological polar surface area (TPSA) is 58.4 Å². The first-order chi connectivity index (χ1) is 7.39. The number of nitrogens with zero attached hydrogens (tertiary/aromatic N) is 1. The molecule has 0 unspecified atom stereocenters. The number of rotatable bonds is 5. The fraction of sp³-hybridized carbons (Fsp3) is 0.917. The van der Waals surface area contributed by atoms with E-state index in [0.29, 0.717) is 0 Å². The molecule has 1 aliphatic carbocycles. The Morgan fingerprint density at radius 2 is 2.00 bits per heavy atom. The smallest absolute Gasteiger partial charge is 0.237 e. The van der Waals surface area contributed by atoms with E-state index in [-0.39, 0.29) is 23.4 Å². The van der Waals surface area contributed by atoms with E-state index >= 15 is 0 Å². The quantitative estimate of drug-likeness (QED) is 0.722. The lowest BCUT2D eigenvalue weighted by molar-refractivity contribution is -0.124. The summed E-state index contributed by atoms with van der Waals surface area (Å²) in [5.74, 6) is 0.167. The zero-order valence-electron chi connectivity index (χ0n) is 10.9. The maximum absolute atomic E-state index is 11.7. The zero-order valence-corrected chi connectivity index (χ0v) is 10.9. The van der Waals surface area contributed by atoms with Crippen LogP contribution in [-0.2, 0) is 4.79 Å². The number of likely N-dealkylation sites (N-methyl/N-ethyl adjacent to an activating group) is 1. The van der Waals surface area contributed by atoms with Crippen LogP contribution in [0.5, 0.6) is 0 Å². The molecule has 0 aromatic heterocycles. The van der Waals surface area contributed by atoms with Crippen molar-refractivity contribution in [3.8, 4) is 0 Å². The summed E-state index contributed by atoms with van der Waals surface area (Å²) in [7, 11) is 4.15. The Morgan fingerprint density at radius 3 is 2.31 bits per heavy atom. The standard InChI is InChI=1S/C12H25N3O/c1-9(2)10(13)11(16)14-8-12(15(3)4)6-5-7-12/h9-10H,5-8,13H2,1-4H3,(H,14,16)/t10-/m1/s1. The third-order valence-electron chi connectivity index (χ3n) is 3.85. The third kappa shape index (κ3) is 2.74. The van der Waals surface area contributed by atoms with Crippen molar-refractivity contribution >= 4 is 5.91 Å². The first-order valence-corrected chi connectivity index (χ1v) is 6.10. The average Bonchev–Trinajstić information content (AvgIpc) is 2.13. The molecule has 94 valence electrons. The van der Waals surface area contributed by atoms with Gasteiger partial charge in [0.1, 0.15) is 0 Å². The summed E-state index contributed by atoms with van der Waals surface area (Å²) in [6.07, 6.45) is 3.58. The number of nitrogens with one attached hydrogen (secondary N) is 1. The summed E-state index contributed by atoms with van der Waals surface area (Å²) in [6.45, 7) is 4.66. The Hall–Kier alpha value is -0.610. The molecule has 4 nitrogen and oxygen atoms in total. The zero-order chi connectivity index (χ0) is 12.3. The molecular weight excluding hydrogens is 202 g/mol. The number of nitrogens with two attached hydrogens (primary N) is 1. The molecule has 1 saturated carbocycles. The van der Waals surface area contributed by atoms with E-state index in [1.165, 1.54) is 6.42 Å². The first kappa shape index (κ1) is 13.5. The van der Waals surface area contributed by atoms with Crippen LogP contribution in [0.25, 0.3) is 0 Å². The van der Waals surface area contributed by atoms with Crippen LogP contribution in [0, 0.1) is 5.92 Å². The predicted molar refractivity (Wildman–Crippen MR) is 66.1 cm³/mol. The van der Waals surface area contributed by atoms with Gasteiger partial charge in [-0.2, -0.15) is 0 Å². The molecule has 0 heterocycles. The van der Waals surface area contributed by atoms with Gasteiger partial charge < -0.3 is 16.0 Å². The fourth-order valence-corrected chi connectivity index (χ4v) is 2.04. The minimum absolute atomic E-state index is 0.0249. The molecule has 0 aromatic rings. The number of amides is 1. The van der Waals surface area contributed by atoms with Crippen molar-refractivity contribution in [3.05, 3.63) is 0 Å². The summed E-state index contributed by atoms with van der Waals surface area (Å²) in [5.41, 5.74) is 5.97. The van der Waals surface area contributed by atoms with Gasteiger partial charge in [-0.15, -0.1) is 0 Å². The highest BCUT2D eigenvalue weighted by molar-refractivity contribution is 5.81. The largest absolute Gasteiger partial charge is 0.353 e. The highest BCUT2D eigenvalue weighted by atomic mass is 16.2. The van der Waals surface area contributed by atoms with Gasteiger partial charge in [-0.25, -0.2) is 0 Å². The summed E-state index contributed by atoms with van der Waals surface area (Å²) in [4.78, 5) is 14.0. The number of hydrogen-bond acceptors (Lipinski definition) is 3. The lowest BCUT2D eigenvalue weighted by atomic mass is 9.75. The minimum atomic E-state index is -0.390. The molecule has 3 N–H and O–H groups in total. The van der Waals surface area contributed by atoms with Gasteiger partial charge in [-0.05, 0) is 39.3 Å². The molecule has 1 fully saturated rings. The van der Waals surface area contributed by atoms with Crippen LogP contribution in [0.3, 0.4) is 0 Å². The average molecular weight is 227 g/mol. The summed E-state index contributed by atoms with van der Waals surface area (Å²) in [5, 5.41) is 2.98. The fourth-order valence-electron chi connectivity index (χ4n) is 2.04. The molecule has 1 rings (SSSR count). The summed E-state index contributed by atoms with van der Waals surface area (Å²) < 4.78 is 0. The number of carbonyl (C=O) groups is 1. The predicted octanol–water partition coefficient (Wildman–Crippen LogP) is 0.570. The maximum atomic E-state index is 11.7. The monoisotopic (exact) mass is 227 g/mol. The molecule has 16 heavy (non-hydrogen) atoms. The Balaban J connectivity index is 2.42. The molecule has 1 amide bonds.